The van der Waals surface area contributed by atoms with Gasteiger partial charge >= 0.3 is 20.1 Å². The number of amides is 1. The molecular formula is C43H57Cl3NO13P. The molecule has 18 heteroatoms. The zero-order valence-electron chi connectivity index (χ0n) is 34.2. The second-order valence-corrected chi connectivity index (χ2v) is 18.5. The van der Waals surface area contributed by atoms with Gasteiger partial charge in [-0.2, -0.15) is 0 Å². The van der Waals surface area contributed by atoms with Gasteiger partial charge in [0.25, 0.3) is 0 Å². The Morgan fingerprint density at radius 3 is 1.90 bits per heavy atom. The summed E-state index contributed by atoms with van der Waals surface area (Å²) in [7, 11) is -4.76. The van der Waals surface area contributed by atoms with Gasteiger partial charge in [0.15, 0.2) is 6.29 Å². The third-order valence-electron chi connectivity index (χ3n) is 9.46. The van der Waals surface area contributed by atoms with Crippen molar-refractivity contribution in [3.63, 3.8) is 0 Å². The minimum absolute atomic E-state index is 0.103. The van der Waals surface area contributed by atoms with Crippen molar-refractivity contribution in [1.29, 1.82) is 0 Å². The highest BCUT2D eigenvalue weighted by Crippen LogP contribution is 2.52. The topological polar surface area (TPSA) is 178 Å². The van der Waals surface area contributed by atoms with E-state index in [0.717, 1.165) is 25.7 Å². The number of unbranched alkanes of at least 4 members (excludes halogenated alkanes) is 8. The number of benzene rings is 3. The van der Waals surface area contributed by atoms with Crippen molar-refractivity contribution in [3.05, 3.63) is 96.6 Å². The van der Waals surface area contributed by atoms with Gasteiger partial charge in [-0.25, -0.2) is 14.2 Å². The first-order valence-corrected chi connectivity index (χ1v) is 23.2. The van der Waals surface area contributed by atoms with Crippen LogP contribution in [0.4, 0.5) is 9.59 Å². The predicted molar refractivity (Wildman–Crippen MR) is 231 cm³/mol. The first kappa shape index (κ1) is 50.3. The number of nitrogens with one attached hydrogen (secondary N) is 1. The minimum atomic E-state index is -4.76. The van der Waals surface area contributed by atoms with E-state index in [9.17, 15) is 24.4 Å². The van der Waals surface area contributed by atoms with Gasteiger partial charge in [-0.05, 0) is 42.7 Å². The molecule has 1 fully saturated rings. The van der Waals surface area contributed by atoms with E-state index in [1.807, 2.05) is 6.07 Å². The zero-order chi connectivity index (χ0) is 43.9. The molecule has 4 rings (SSSR count). The lowest BCUT2D eigenvalue weighted by molar-refractivity contribution is -0.258. The maximum atomic E-state index is 14.8. The third kappa shape index (κ3) is 19.7. The van der Waals surface area contributed by atoms with E-state index in [0.29, 0.717) is 12.0 Å². The van der Waals surface area contributed by atoms with Crippen LogP contribution < -0.4 is 14.4 Å². The molecular weight excluding hydrogens is 876 g/mol. The Balaban J connectivity index is 1.57. The molecule has 0 unspecified atom stereocenters. The Hall–Kier alpha value is -3.30. The fourth-order valence-electron chi connectivity index (χ4n) is 6.37. The number of para-hydroxylation sites is 2. The van der Waals surface area contributed by atoms with Gasteiger partial charge < -0.3 is 48.3 Å². The average molecular weight is 933 g/mol. The highest BCUT2D eigenvalue weighted by molar-refractivity contribution is 7.49. The minimum Gasteiger partial charge on any atom is -0.445 e. The number of alkyl halides is 3. The molecule has 6 atom stereocenters. The molecule has 0 aliphatic carbocycles. The average Bonchev–Trinajstić information content (AvgIpc) is 3.23. The summed E-state index contributed by atoms with van der Waals surface area (Å²) in [6.45, 7) is 0.677. The molecule has 0 saturated carbocycles. The first-order valence-electron chi connectivity index (χ1n) is 20.6. The lowest BCUT2D eigenvalue weighted by Crippen LogP contribution is -2.65. The number of phosphoric ester groups is 1. The summed E-state index contributed by atoms with van der Waals surface area (Å²) in [5.41, 5.74) is 0.700. The molecule has 1 amide bonds. The van der Waals surface area contributed by atoms with Crippen LogP contribution in [0.1, 0.15) is 83.1 Å². The van der Waals surface area contributed by atoms with Gasteiger partial charge in [0.2, 0.25) is 3.79 Å². The molecule has 0 radical (unpaired) electrons. The number of carbonyl (C=O) groups is 2. The Morgan fingerprint density at radius 2 is 1.33 bits per heavy atom. The summed E-state index contributed by atoms with van der Waals surface area (Å²) in [4.78, 5) is 25.9. The Bertz CT molecular complexity index is 1680. The molecule has 61 heavy (non-hydrogen) atoms. The van der Waals surface area contributed by atoms with Crippen molar-refractivity contribution in [2.45, 2.75) is 125 Å². The summed E-state index contributed by atoms with van der Waals surface area (Å²) in [5.74, 6) is 0.218. The van der Waals surface area contributed by atoms with Gasteiger partial charge in [0, 0.05) is 6.61 Å². The first-order chi connectivity index (χ1) is 29.3. The lowest BCUT2D eigenvalue weighted by atomic mass is 9.96. The second kappa shape index (κ2) is 27.0. The number of aliphatic hydroxyl groups is 2. The molecule has 3 N–H and O–H groups in total. The van der Waals surface area contributed by atoms with Crippen LogP contribution in [0, 0.1) is 0 Å². The highest BCUT2D eigenvalue weighted by Gasteiger charge is 2.52. The number of rotatable bonds is 26. The van der Waals surface area contributed by atoms with Crippen LogP contribution in [0.25, 0.3) is 0 Å². The van der Waals surface area contributed by atoms with E-state index in [1.165, 1.54) is 56.4 Å². The van der Waals surface area contributed by atoms with Crippen LogP contribution in [0.2, 0.25) is 0 Å². The highest BCUT2D eigenvalue weighted by atomic mass is 35.6. The maximum absolute atomic E-state index is 14.8. The van der Waals surface area contributed by atoms with Crippen LogP contribution >= 0.6 is 42.6 Å². The molecule has 1 saturated heterocycles. The number of halogens is 3. The standard InChI is InChI=1S/C43H57Cl3NO13P/c1-2-3-4-5-6-7-8-9-15-22-33(48)27-28-53-39-37(47-41(50)56-31-43(44,45)46)40(49)57-36(30-55-42(51)54-29-32-20-13-10-14-21-32)38(39)60-61(52,58-34-23-16-11-17-24-34)59-35-25-18-12-19-26-35/h10-14,16-21,23-26,33,36-40,48-49H,2-9,15,22,27-31H2,1H3,(H,47,50)/t33-,36-,37-,38-,39-,40+/m1/s1. The number of aliphatic hydroxyl groups excluding tert-OH is 2. The zero-order valence-corrected chi connectivity index (χ0v) is 37.4. The normalized spacial score (nSPS) is 19.7. The van der Waals surface area contributed by atoms with Crippen LogP contribution in [0.3, 0.4) is 0 Å². The largest absolute Gasteiger partial charge is 0.588 e. The second-order valence-electron chi connectivity index (χ2n) is 14.5. The van der Waals surface area contributed by atoms with Gasteiger partial charge in [0.05, 0.1) is 6.10 Å². The van der Waals surface area contributed by atoms with Crippen LogP contribution in [-0.2, 0) is 39.4 Å². The summed E-state index contributed by atoms with van der Waals surface area (Å²) >= 11 is 17.4. The van der Waals surface area contributed by atoms with E-state index in [4.69, 9.17) is 72.1 Å². The maximum Gasteiger partial charge on any atom is 0.588 e. The Labute approximate surface area is 372 Å². The third-order valence-corrected chi connectivity index (χ3v) is 11.2. The van der Waals surface area contributed by atoms with E-state index in [2.05, 4.69) is 12.2 Å². The Kier molecular flexibility index (Phi) is 22.3. The van der Waals surface area contributed by atoms with Gasteiger partial charge in [0.1, 0.15) is 55.7 Å². The van der Waals surface area contributed by atoms with Gasteiger partial charge in [-0.3, -0.25) is 4.52 Å². The lowest BCUT2D eigenvalue weighted by Gasteiger charge is -2.44. The summed E-state index contributed by atoms with van der Waals surface area (Å²) in [6.07, 6.45) is 1.51. The summed E-state index contributed by atoms with van der Waals surface area (Å²) < 4.78 is 58.8. The fourth-order valence-corrected chi connectivity index (χ4v) is 7.97. The SMILES string of the molecule is CCCCCCCCCCC[C@@H](O)CCO[C@@H]1[C@@H](NC(=O)OCC(Cl)(Cl)Cl)[C@@H](O)O[C@H](COC(=O)OCc2ccccc2)[C@H]1OP(=O)(Oc1ccccc1)Oc1ccccc1. The molecule has 0 aromatic heterocycles. The van der Waals surface area contributed by atoms with Crippen molar-refractivity contribution in [3.8, 4) is 11.5 Å². The molecule has 1 aliphatic rings. The Morgan fingerprint density at radius 1 is 0.770 bits per heavy atom. The molecule has 3 aromatic rings. The number of alkyl carbamates (subject to hydrolysis) is 1. The van der Waals surface area contributed by atoms with E-state index in [-0.39, 0.29) is 31.1 Å². The van der Waals surface area contributed by atoms with Crippen LogP contribution in [-0.4, -0.2) is 82.8 Å². The number of carbonyl (C=O) groups excluding carboxylic acids is 2. The van der Waals surface area contributed by atoms with Crippen molar-refractivity contribution in [2.24, 2.45) is 0 Å². The van der Waals surface area contributed by atoms with E-state index < -0.39 is 73.8 Å². The predicted octanol–water partition coefficient (Wildman–Crippen LogP) is 10.2. The monoisotopic (exact) mass is 931 g/mol. The van der Waals surface area contributed by atoms with Crippen LogP contribution in [0.15, 0.2) is 91.0 Å². The molecule has 1 heterocycles. The molecule has 0 spiro atoms. The van der Waals surface area contributed by atoms with Gasteiger partial charge in [-0.1, -0.05) is 166 Å². The number of hydrogen-bond acceptors (Lipinski definition) is 13. The van der Waals surface area contributed by atoms with Gasteiger partial charge in [-0.15, -0.1) is 0 Å². The van der Waals surface area contributed by atoms with Crippen molar-refractivity contribution in [2.75, 3.05) is 19.8 Å². The molecule has 3 aromatic carbocycles. The van der Waals surface area contributed by atoms with E-state index in [1.54, 1.807) is 60.7 Å². The molecule has 338 valence electrons. The smallest absolute Gasteiger partial charge is 0.445 e. The van der Waals surface area contributed by atoms with Crippen LogP contribution in [0.5, 0.6) is 11.5 Å². The number of phosphoric acid groups is 1. The fraction of sp³-hybridized carbons (Fsp3) is 0.535. The molecule has 1 aliphatic heterocycles. The van der Waals surface area contributed by atoms with E-state index >= 15 is 0 Å². The van der Waals surface area contributed by atoms with Crippen molar-refractivity contribution >= 4 is 54.9 Å². The quantitative estimate of drug-likeness (QED) is 0.0300. The molecule has 0 bridgehead atoms. The summed E-state index contributed by atoms with van der Waals surface area (Å²) in [6, 6.07) is 23.6. The molecule has 14 nitrogen and oxygen atoms in total. The van der Waals surface area contributed by atoms with Crippen molar-refractivity contribution in [1.82, 2.24) is 5.32 Å². The number of hydrogen-bond donors (Lipinski definition) is 3. The number of ether oxygens (including phenoxy) is 5. The summed E-state index contributed by atoms with van der Waals surface area (Å²) in [5, 5.41) is 24.8. The van der Waals surface area contributed by atoms with Crippen molar-refractivity contribution < 1.29 is 61.6 Å².